The molecule has 1 aliphatic rings. The largest absolute Gasteiger partial charge is 0.456 e. The Morgan fingerprint density at radius 1 is 0.580 bits per heavy atom. The van der Waals surface area contributed by atoms with Gasteiger partial charge in [-0.15, -0.1) is 0 Å². The standard InChI is InChI=1S/C48H41NO/c1-7-45-47(30(2)3)42-27-33(19-22-46(42)50-45)35-24-36(34-18-21-40-39-15-11-12-16-43(39)48(4,5)44(40)28-34)26-37(25-35)41-23-31(29-49-6)17-20-38(41)32-13-9-8-10-14-32/h7-29H,1-6H3/b45-7+,49-29?. The fourth-order valence-corrected chi connectivity index (χ4v) is 7.91. The highest BCUT2D eigenvalue weighted by atomic mass is 16.3. The number of aliphatic imine (C=N–C) groups is 1. The molecule has 0 amide bonds. The van der Waals surface area contributed by atoms with Crippen LogP contribution < -0.4 is 10.6 Å². The van der Waals surface area contributed by atoms with Gasteiger partial charge in [0.15, 0.2) is 0 Å². The molecule has 0 aliphatic heterocycles. The quantitative estimate of drug-likeness (QED) is 0.171. The minimum atomic E-state index is -0.0814. The molecule has 2 nitrogen and oxygen atoms in total. The smallest absolute Gasteiger partial charge is 0.135 e. The van der Waals surface area contributed by atoms with Crippen molar-refractivity contribution in [2.75, 3.05) is 7.05 Å². The molecule has 0 unspecified atom stereocenters. The number of nitrogens with zero attached hydrogens (tertiary/aromatic N) is 1. The molecule has 1 aliphatic carbocycles. The number of benzene rings is 6. The van der Waals surface area contributed by atoms with Gasteiger partial charge >= 0.3 is 0 Å². The Labute approximate surface area is 294 Å². The van der Waals surface area contributed by atoms with Gasteiger partial charge in [-0.25, -0.2) is 0 Å². The van der Waals surface area contributed by atoms with E-state index in [-0.39, 0.29) is 5.41 Å². The Hall–Kier alpha value is -5.73. The zero-order chi connectivity index (χ0) is 34.6. The van der Waals surface area contributed by atoms with Gasteiger partial charge in [-0.1, -0.05) is 104 Å². The fourth-order valence-electron chi connectivity index (χ4n) is 7.91. The fraction of sp³-hybridized carbons (Fsp3) is 0.146. The lowest BCUT2D eigenvalue weighted by molar-refractivity contribution is 0.574. The second kappa shape index (κ2) is 12.3. The molecule has 0 saturated carbocycles. The Balaban J connectivity index is 1.39. The van der Waals surface area contributed by atoms with E-state index in [0.717, 1.165) is 27.5 Å². The maximum atomic E-state index is 6.29. The summed E-state index contributed by atoms with van der Waals surface area (Å²) >= 11 is 0. The van der Waals surface area contributed by atoms with Crippen molar-refractivity contribution in [3.05, 3.63) is 155 Å². The van der Waals surface area contributed by atoms with Gasteiger partial charge in [-0.05, 0) is 142 Å². The second-order valence-corrected chi connectivity index (χ2v) is 14.1. The van der Waals surface area contributed by atoms with Crippen molar-refractivity contribution in [3.8, 4) is 55.6 Å². The third-order valence-corrected chi connectivity index (χ3v) is 10.4. The molecular weight excluding hydrogens is 607 g/mol. The molecule has 0 spiro atoms. The van der Waals surface area contributed by atoms with Crippen molar-refractivity contribution in [3.63, 3.8) is 0 Å². The molecule has 8 rings (SSSR count). The Bertz CT molecular complexity index is 2590. The molecule has 1 heterocycles. The summed E-state index contributed by atoms with van der Waals surface area (Å²) in [6, 6.07) is 46.9. The summed E-state index contributed by atoms with van der Waals surface area (Å²) in [4.78, 5) is 4.36. The number of hydrogen-bond acceptors (Lipinski definition) is 2. The summed E-state index contributed by atoms with van der Waals surface area (Å²) < 4.78 is 6.29. The molecule has 6 aromatic carbocycles. The Morgan fingerprint density at radius 2 is 1.24 bits per heavy atom. The lowest BCUT2D eigenvalue weighted by Crippen LogP contribution is -2.21. The third-order valence-electron chi connectivity index (χ3n) is 10.4. The van der Waals surface area contributed by atoms with Crippen LogP contribution in [0.15, 0.2) is 137 Å². The van der Waals surface area contributed by atoms with Crippen LogP contribution in [0.2, 0.25) is 0 Å². The first-order chi connectivity index (χ1) is 24.3. The number of furan rings is 1. The van der Waals surface area contributed by atoms with Crippen LogP contribution >= 0.6 is 0 Å². The van der Waals surface area contributed by atoms with E-state index >= 15 is 0 Å². The Kier molecular flexibility index (Phi) is 7.76. The number of rotatable bonds is 5. The van der Waals surface area contributed by atoms with Crippen molar-refractivity contribution >= 4 is 28.8 Å². The summed E-state index contributed by atoms with van der Waals surface area (Å²) in [6.07, 6.45) is 4.00. The first kappa shape index (κ1) is 31.5. The van der Waals surface area contributed by atoms with E-state index in [4.69, 9.17) is 4.42 Å². The molecule has 7 aromatic rings. The predicted molar refractivity (Wildman–Crippen MR) is 213 cm³/mol. The number of hydrogen-bond donors (Lipinski definition) is 0. The van der Waals surface area contributed by atoms with E-state index in [1.54, 1.807) is 0 Å². The van der Waals surface area contributed by atoms with Crippen molar-refractivity contribution in [2.45, 2.75) is 40.0 Å². The van der Waals surface area contributed by atoms with Gasteiger partial charge in [-0.2, -0.15) is 0 Å². The summed E-state index contributed by atoms with van der Waals surface area (Å²) in [5, 5.41) is 2.32. The van der Waals surface area contributed by atoms with Crippen LogP contribution in [0, 0.1) is 0 Å². The molecule has 0 radical (unpaired) electrons. The minimum absolute atomic E-state index is 0.0814. The summed E-state index contributed by atoms with van der Waals surface area (Å²) in [7, 11) is 1.83. The van der Waals surface area contributed by atoms with Crippen LogP contribution in [0.4, 0.5) is 0 Å². The molecule has 1 aromatic heterocycles. The third kappa shape index (κ3) is 5.24. The van der Waals surface area contributed by atoms with Gasteiger partial charge < -0.3 is 4.42 Å². The molecule has 50 heavy (non-hydrogen) atoms. The van der Waals surface area contributed by atoms with Crippen molar-refractivity contribution in [2.24, 2.45) is 4.99 Å². The molecule has 0 bridgehead atoms. The van der Waals surface area contributed by atoms with Crippen LogP contribution in [0.25, 0.3) is 78.3 Å². The van der Waals surface area contributed by atoms with Gasteiger partial charge in [0.25, 0.3) is 0 Å². The van der Waals surface area contributed by atoms with Crippen molar-refractivity contribution < 1.29 is 4.42 Å². The topological polar surface area (TPSA) is 25.5 Å². The van der Waals surface area contributed by atoms with Gasteiger partial charge in [0.2, 0.25) is 0 Å². The van der Waals surface area contributed by atoms with Crippen LogP contribution in [0.1, 0.15) is 51.3 Å². The predicted octanol–water partition coefficient (Wildman–Crippen LogP) is 11.4. The zero-order valence-electron chi connectivity index (χ0n) is 29.6. The SMILES string of the molecule is C/C=c1/oc2ccc(-c3cc(-c4ccc5c(c4)C(C)(C)c4ccccc4-5)cc(-c4cc(C=NC)ccc4-c4ccccc4)c3)cc2c1=C(C)C. The maximum absolute atomic E-state index is 6.29. The van der Waals surface area contributed by atoms with E-state index in [2.05, 4.69) is 166 Å². The summed E-state index contributed by atoms with van der Waals surface area (Å²) in [5.74, 6) is 0. The van der Waals surface area contributed by atoms with E-state index in [0.29, 0.717) is 0 Å². The first-order valence-electron chi connectivity index (χ1n) is 17.5. The highest BCUT2D eigenvalue weighted by Crippen LogP contribution is 2.50. The highest BCUT2D eigenvalue weighted by molar-refractivity contribution is 5.94. The van der Waals surface area contributed by atoms with Gasteiger partial charge in [0, 0.05) is 29.3 Å². The van der Waals surface area contributed by atoms with Crippen LogP contribution in [-0.2, 0) is 5.41 Å². The number of fused-ring (bicyclic) bond motifs is 4. The molecule has 0 saturated heterocycles. The molecule has 0 atom stereocenters. The van der Waals surface area contributed by atoms with Crippen molar-refractivity contribution in [1.29, 1.82) is 0 Å². The summed E-state index contributed by atoms with van der Waals surface area (Å²) in [5.41, 5.74) is 19.0. The zero-order valence-corrected chi connectivity index (χ0v) is 29.6. The first-order valence-corrected chi connectivity index (χ1v) is 17.5. The molecule has 0 N–H and O–H groups in total. The van der Waals surface area contributed by atoms with E-state index in [9.17, 15) is 0 Å². The van der Waals surface area contributed by atoms with E-state index < -0.39 is 0 Å². The lowest BCUT2D eigenvalue weighted by Gasteiger charge is -2.22. The Morgan fingerprint density at radius 3 is 1.98 bits per heavy atom. The highest BCUT2D eigenvalue weighted by Gasteiger charge is 2.35. The maximum Gasteiger partial charge on any atom is 0.135 e. The van der Waals surface area contributed by atoms with Gasteiger partial charge in [-0.3, -0.25) is 4.99 Å². The minimum Gasteiger partial charge on any atom is -0.456 e. The molecule has 2 heteroatoms. The molecule has 244 valence electrons. The van der Waals surface area contributed by atoms with Crippen molar-refractivity contribution in [1.82, 2.24) is 0 Å². The van der Waals surface area contributed by atoms with Gasteiger partial charge in [0.05, 0.1) is 0 Å². The molecular formula is C48H41NO. The lowest BCUT2D eigenvalue weighted by atomic mass is 9.81. The monoisotopic (exact) mass is 647 g/mol. The van der Waals surface area contributed by atoms with Crippen LogP contribution in [0.5, 0.6) is 0 Å². The normalized spacial score (nSPS) is 13.6. The van der Waals surface area contributed by atoms with Crippen LogP contribution in [-0.4, -0.2) is 13.3 Å². The van der Waals surface area contributed by atoms with Gasteiger partial charge in [0.1, 0.15) is 11.0 Å². The summed E-state index contributed by atoms with van der Waals surface area (Å²) in [6.45, 7) is 11.1. The van der Waals surface area contributed by atoms with E-state index in [1.165, 1.54) is 72.0 Å². The van der Waals surface area contributed by atoms with Crippen LogP contribution in [0.3, 0.4) is 0 Å². The van der Waals surface area contributed by atoms with E-state index in [1.807, 2.05) is 20.2 Å². The average molecular weight is 648 g/mol. The average Bonchev–Trinajstić information content (AvgIpc) is 3.63. The molecule has 0 fully saturated rings. The second-order valence-electron chi connectivity index (χ2n) is 14.1.